The molecule has 1 saturated heterocycles. The highest BCUT2D eigenvalue weighted by molar-refractivity contribution is 6.01. The number of carboxylic acid groups (broad SMARTS) is 1. The Kier molecular flexibility index (Phi) is 4.16. The van der Waals surface area contributed by atoms with Gasteiger partial charge in [-0.25, -0.2) is 0 Å². The lowest BCUT2D eigenvalue weighted by Gasteiger charge is -2.34. The number of benzene rings is 1. The maximum Gasteiger partial charge on any atom is 0.309 e. The molecule has 1 atom stereocenters. The van der Waals surface area contributed by atoms with Crippen LogP contribution in [0.2, 0.25) is 0 Å². The van der Waals surface area contributed by atoms with Crippen LogP contribution in [0, 0.1) is 12.3 Å². The van der Waals surface area contributed by atoms with E-state index in [1.807, 2.05) is 25.1 Å². The van der Waals surface area contributed by atoms with E-state index in [2.05, 4.69) is 11.2 Å². The standard InChI is InChI=1S/C17H21NO4/c1-12-3-2-4-13(9-12)15-10-14(22-18-15)11-17(16(19)20)5-7-21-8-6-17/h2-4,9,14H,5-8,10-11H2,1H3,(H,19,20)/t14-/m0/s1. The van der Waals surface area contributed by atoms with E-state index in [9.17, 15) is 9.90 Å². The summed E-state index contributed by atoms with van der Waals surface area (Å²) in [6.07, 6.45) is 2.08. The minimum Gasteiger partial charge on any atom is -0.481 e. The molecule has 0 saturated carbocycles. The Labute approximate surface area is 129 Å². The van der Waals surface area contributed by atoms with E-state index < -0.39 is 11.4 Å². The van der Waals surface area contributed by atoms with Gasteiger partial charge in [0.2, 0.25) is 0 Å². The molecule has 0 bridgehead atoms. The van der Waals surface area contributed by atoms with Crippen LogP contribution >= 0.6 is 0 Å². The van der Waals surface area contributed by atoms with Gasteiger partial charge in [0.1, 0.15) is 6.10 Å². The van der Waals surface area contributed by atoms with Crippen molar-refractivity contribution < 1.29 is 19.5 Å². The molecule has 0 radical (unpaired) electrons. The summed E-state index contributed by atoms with van der Waals surface area (Å²) >= 11 is 0. The first-order valence-electron chi connectivity index (χ1n) is 7.70. The molecule has 1 N–H and O–H groups in total. The molecule has 5 heteroatoms. The zero-order valence-electron chi connectivity index (χ0n) is 12.7. The molecule has 5 nitrogen and oxygen atoms in total. The fourth-order valence-electron chi connectivity index (χ4n) is 3.24. The second-order valence-electron chi connectivity index (χ2n) is 6.24. The molecule has 22 heavy (non-hydrogen) atoms. The maximum atomic E-state index is 11.7. The Bertz CT molecular complexity index is 590. The summed E-state index contributed by atoms with van der Waals surface area (Å²) in [4.78, 5) is 17.2. The van der Waals surface area contributed by atoms with Crippen LogP contribution in [0.15, 0.2) is 29.4 Å². The molecular weight excluding hydrogens is 282 g/mol. The molecule has 3 rings (SSSR count). The number of rotatable bonds is 4. The van der Waals surface area contributed by atoms with Crippen LogP contribution in [0.4, 0.5) is 0 Å². The number of nitrogens with zero attached hydrogens (tertiary/aromatic N) is 1. The normalized spacial score (nSPS) is 23.7. The van der Waals surface area contributed by atoms with Gasteiger partial charge in [-0.3, -0.25) is 4.79 Å². The van der Waals surface area contributed by atoms with Crippen LogP contribution in [-0.4, -0.2) is 36.1 Å². The third-order valence-electron chi connectivity index (χ3n) is 4.61. The first-order chi connectivity index (χ1) is 10.6. The van der Waals surface area contributed by atoms with Gasteiger partial charge in [-0.15, -0.1) is 0 Å². The van der Waals surface area contributed by atoms with Crippen molar-refractivity contribution in [2.75, 3.05) is 13.2 Å². The minimum atomic E-state index is -0.747. The number of hydrogen-bond acceptors (Lipinski definition) is 4. The fourth-order valence-corrected chi connectivity index (χ4v) is 3.24. The monoisotopic (exact) mass is 303 g/mol. The number of hydrogen-bond donors (Lipinski definition) is 1. The average Bonchev–Trinajstić information content (AvgIpc) is 2.96. The molecule has 0 unspecified atom stereocenters. The summed E-state index contributed by atoms with van der Waals surface area (Å²) in [5.41, 5.74) is 2.40. The summed E-state index contributed by atoms with van der Waals surface area (Å²) in [5.74, 6) is -0.747. The molecule has 2 aliphatic rings. The van der Waals surface area contributed by atoms with E-state index in [-0.39, 0.29) is 6.10 Å². The molecule has 118 valence electrons. The number of aliphatic carboxylic acids is 1. The number of ether oxygens (including phenoxy) is 1. The van der Waals surface area contributed by atoms with Crippen LogP contribution in [-0.2, 0) is 14.4 Å². The molecule has 0 aliphatic carbocycles. The third kappa shape index (κ3) is 2.99. The minimum absolute atomic E-state index is 0.162. The number of carbonyl (C=O) groups is 1. The van der Waals surface area contributed by atoms with Gasteiger partial charge in [0.15, 0.2) is 0 Å². The van der Waals surface area contributed by atoms with E-state index in [1.54, 1.807) is 0 Å². The summed E-state index contributed by atoms with van der Waals surface area (Å²) < 4.78 is 5.31. The van der Waals surface area contributed by atoms with Crippen molar-refractivity contribution in [1.29, 1.82) is 0 Å². The quantitative estimate of drug-likeness (QED) is 0.928. The van der Waals surface area contributed by atoms with Crippen LogP contribution < -0.4 is 0 Å². The van der Waals surface area contributed by atoms with Crippen molar-refractivity contribution in [2.45, 2.75) is 38.7 Å². The Morgan fingerprint density at radius 3 is 2.86 bits per heavy atom. The SMILES string of the molecule is Cc1cccc(C2=NO[C@H](CC3(C(=O)O)CCOCC3)C2)c1. The van der Waals surface area contributed by atoms with Crippen molar-refractivity contribution in [1.82, 2.24) is 0 Å². The Balaban J connectivity index is 1.67. The van der Waals surface area contributed by atoms with E-state index in [1.165, 1.54) is 5.56 Å². The van der Waals surface area contributed by atoms with Crippen molar-refractivity contribution in [2.24, 2.45) is 10.6 Å². The lowest BCUT2D eigenvalue weighted by Crippen LogP contribution is -2.40. The predicted octanol–water partition coefficient (Wildman–Crippen LogP) is 2.76. The topological polar surface area (TPSA) is 68.1 Å². The largest absolute Gasteiger partial charge is 0.481 e. The highest BCUT2D eigenvalue weighted by Gasteiger charge is 2.43. The van der Waals surface area contributed by atoms with Crippen molar-refractivity contribution in [3.8, 4) is 0 Å². The Morgan fingerprint density at radius 2 is 2.18 bits per heavy atom. The molecule has 2 heterocycles. The highest BCUT2D eigenvalue weighted by Crippen LogP contribution is 2.38. The third-order valence-corrected chi connectivity index (χ3v) is 4.61. The molecule has 1 fully saturated rings. The van der Waals surface area contributed by atoms with Crippen molar-refractivity contribution >= 4 is 11.7 Å². The first-order valence-corrected chi connectivity index (χ1v) is 7.70. The number of aryl methyl sites for hydroxylation is 1. The van der Waals surface area contributed by atoms with Gasteiger partial charge in [-0.1, -0.05) is 35.0 Å². The first kappa shape index (κ1) is 15.0. The van der Waals surface area contributed by atoms with Gasteiger partial charge in [-0.05, 0) is 25.3 Å². The van der Waals surface area contributed by atoms with E-state index in [0.717, 1.165) is 11.3 Å². The van der Waals surface area contributed by atoms with Gasteiger partial charge in [0.05, 0.1) is 11.1 Å². The lowest BCUT2D eigenvalue weighted by molar-refractivity contribution is -0.158. The van der Waals surface area contributed by atoms with E-state index >= 15 is 0 Å². The Morgan fingerprint density at radius 1 is 1.41 bits per heavy atom. The lowest BCUT2D eigenvalue weighted by atomic mass is 9.75. The Hall–Kier alpha value is -1.88. The number of carboxylic acids is 1. The summed E-state index contributed by atoms with van der Waals surface area (Å²) in [6.45, 7) is 3.05. The smallest absolute Gasteiger partial charge is 0.309 e. The van der Waals surface area contributed by atoms with Gasteiger partial charge < -0.3 is 14.7 Å². The summed E-state index contributed by atoms with van der Waals surface area (Å²) in [5, 5.41) is 13.8. The number of oxime groups is 1. The van der Waals surface area contributed by atoms with Crippen LogP contribution in [0.5, 0.6) is 0 Å². The molecular formula is C17H21NO4. The molecule has 1 aromatic rings. The fraction of sp³-hybridized carbons (Fsp3) is 0.529. The molecule has 0 aromatic heterocycles. The predicted molar refractivity (Wildman–Crippen MR) is 81.9 cm³/mol. The summed E-state index contributed by atoms with van der Waals surface area (Å²) in [6, 6.07) is 8.13. The van der Waals surface area contributed by atoms with E-state index in [4.69, 9.17) is 9.57 Å². The average molecular weight is 303 g/mol. The molecule has 0 spiro atoms. The zero-order chi connectivity index (χ0) is 15.6. The van der Waals surface area contributed by atoms with Crippen molar-refractivity contribution in [3.05, 3.63) is 35.4 Å². The highest BCUT2D eigenvalue weighted by atomic mass is 16.6. The van der Waals surface area contributed by atoms with Gasteiger partial charge >= 0.3 is 5.97 Å². The van der Waals surface area contributed by atoms with Gasteiger partial charge in [0.25, 0.3) is 0 Å². The van der Waals surface area contributed by atoms with Crippen LogP contribution in [0.3, 0.4) is 0 Å². The van der Waals surface area contributed by atoms with E-state index in [0.29, 0.717) is 38.9 Å². The summed E-state index contributed by atoms with van der Waals surface area (Å²) in [7, 11) is 0. The zero-order valence-corrected chi connectivity index (χ0v) is 12.7. The molecule has 0 amide bonds. The van der Waals surface area contributed by atoms with Gasteiger partial charge in [-0.2, -0.15) is 0 Å². The van der Waals surface area contributed by atoms with Crippen molar-refractivity contribution in [3.63, 3.8) is 0 Å². The van der Waals surface area contributed by atoms with Crippen LogP contribution in [0.1, 0.15) is 36.8 Å². The molecule has 2 aliphatic heterocycles. The second kappa shape index (κ2) is 6.08. The van der Waals surface area contributed by atoms with Crippen LogP contribution in [0.25, 0.3) is 0 Å². The molecule has 1 aromatic carbocycles. The second-order valence-corrected chi connectivity index (χ2v) is 6.24. The van der Waals surface area contributed by atoms with Gasteiger partial charge in [0, 0.05) is 26.1 Å². The maximum absolute atomic E-state index is 11.7.